The Kier molecular flexibility index (Phi) is 6.49. The van der Waals surface area contributed by atoms with Crippen LogP contribution < -0.4 is 16.1 Å². The number of furan rings is 1. The Morgan fingerprint density at radius 3 is 2.34 bits per heavy atom. The van der Waals surface area contributed by atoms with E-state index in [-0.39, 0.29) is 29.2 Å². The number of fused-ring (bicyclic) bond motifs is 2. The molecule has 5 aromatic rings. The zero-order chi connectivity index (χ0) is 26.8. The van der Waals surface area contributed by atoms with Crippen molar-refractivity contribution in [2.24, 2.45) is 0 Å². The highest BCUT2D eigenvalue weighted by molar-refractivity contribution is 6.16. The first-order chi connectivity index (χ1) is 18.4. The van der Waals surface area contributed by atoms with E-state index >= 15 is 0 Å². The number of aryl methyl sites for hydroxylation is 1. The summed E-state index contributed by atoms with van der Waals surface area (Å²) >= 11 is 0. The van der Waals surface area contributed by atoms with Crippen LogP contribution in [0.1, 0.15) is 44.0 Å². The number of nitrogens with one attached hydrogen (secondary N) is 2. The van der Waals surface area contributed by atoms with Gasteiger partial charge in [0.25, 0.3) is 11.8 Å². The molecule has 0 unspecified atom stereocenters. The number of benzene rings is 3. The summed E-state index contributed by atoms with van der Waals surface area (Å²) in [6.45, 7) is 3.74. The molecular formula is C29H22N2O7. The molecule has 0 aliphatic heterocycles. The third-order valence-electron chi connectivity index (χ3n) is 5.87. The van der Waals surface area contributed by atoms with Gasteiger partial charge in [-0.25, -0.2) is 4.79 Å². The normalized spacial score (nSPS) is 10.9. The fourth-order valence-electron chi connectivity index (χ4n) is 4.03. The first-order valence-corrected chi connectivity index (χ1v) is 11.8. The smallest absolute Gasteiger partial charge is 0.338 e. The maximum absolute atomic E-state index is 13.2. The Labute approximate surface area is 216 Å². The van der Waals surface area contributed by atoms with E-state index in [1.165, 1.54) is 12.1 Å². The second-order valence-corrected chi connectivity index (χ2v) is 8.43. The van der Waals surface area contributed by atoms with E-state index < -0.39 is 17.8 Å². The molecule has 0 bridgehead atoms. The molecule has 5 rings (SSSR count). The SMILES string of the molecule is CCOC(=O)c1ccc(NC(=O)c2oc3ccccc3c2NC(=O)c2cc(=O)c3cccc(C)c3o2)cc1. The number of rotatable bonds is 6. The van der Waals surface area contributed by atoms with Gasteiger partial charge in [0.1, 0.15) is 16.9 Å². The molecule has 2 N–H and O–H groups in total. The molecule has 0 aliphatic rings. The molecule has 0 aliphatic carbocycles. The molecule has 0 radical (unpaired) electrons. The van der Waals surface area contributed by atoms with Crippen LogP contribution in [-0.2, 0) is 4.74 Å². The molecule has 2 heterocycles. The summed E-state index contributed by atoms with van der Waals surface area (Å²) in [4.78, 5) is 50.9. The van der Waals surface area contributed by atoms with E-state index in [0.717, 1.165) is 6.07 Å². The number of anilines is 2. The quantitative estimate of drug-likeness (QED) is 0.288. The Morgan fingerprint density at radius 1 is 0.842 bits per heavy atom. The molecule has 0 atom stereocenters. The molecule has 9 nitrogen and oxygen atoms in total. The molecule has 0 saturated heterocycles. The van der Waals surface area contributed by atoms with Crippen molar-refractivity contribution < 1.29 is 28.0 Å². The Balaban J connectivity index is 1.46. The Bertz CT molecular complexity index is 1760. The number of esters is 1. The van der Waals surface area contributed by atoms with Crippen LogP contribution in [0.15, 0.2) is 86.4 Å². The molecule has 2 aromatic heterocycles. The van der Waals surface area contributed by atoms with Crippen LogP contribution in [0.2, 0.25) is 0 Å². The molecule has 9 heteroatoms. The van der Waals surface area contributed by atoms with Crippen molar-refractivity contribution in [3.05, 3.63) is 106 Å². The van der Waals surface area contributed by atoms with E-state index in [1.54, 1.807) is 68.4 Å². The van der Waals surface area contributed by atoms with Crippen LogP contribution in [-0.4, -0.2) is 24.4 Å². The lowest BCUT2D eigenvalue weighted by atomic mass is 10.1. The highest BCUT2D eigenvalue weighted by Crippen LogP contribution is 2.32. The van der Waals surface area contributed by atoms with Gasteiger partial charge >= 0.3 is 5.97 Å². The van der Waals surface area contributed by atoms with Gasteiger partial charge < -0.3 is 24.2 Å². The molecule has 0 spiro atoms. The zero-order valence-corrected chi connectivity index (χ0v) is 20.5. The molecule has 3 aromatic carbocycles. The third kappa shape index (κ3) is 4.64. The molecular weight excluding hydrogens is 488 g/mol. The van der Waals surface area contributed by atoms with Gasteiger partial charge in [-0.15, -0.1) is 0 Å². The summed E-state index contributed by atoms with van der Waals surface area (Å²) in [7, 11) is 0. The second-order valence-electron chi connectivity index (χ2n) is 8.43. The number of ether oxygens (including phenoxy) is 1. The summed E-state index contributed by atoms with van der Waals surface area (Å²) in [5.41, 5.74) is 1.90. The van der Waals surface area contributed by atoms with Gasteiger partial charge in [0, 0.05) is 17.1 Å². The number of carbonyl (C=O) groups is 3. The van der Waals surface area contributed by atoms with Crippen molar-refractivity contribution in [1.29, 1.82) is 0 Å². The van der Waals surface area contributed by atoms with Crippen LogP contribution in [0, 0.1) is 6.92 Å². The lowest BCUT2D eigenvalue weighted by Gasteiger charge is -2.08. The molecule has 2 amide bonds. The van der Waals surface area contributed by atoms with E-state index in [9.17, 15) is 19.2 Å². The lowest BCUT2D eigenvalue weighted by molar-refractivity contribution is 0.0526. The van der Waals surface area contributed by atoms with Crippen LogP contribution >= 0.6 is 0 Å². The molecule has 38 heavy (non-hydrogen) atoms. The van der Waals surface area contributed by atoms with Gasteiger partial charge in [0.2, 0.25) is 5.76 Å². The maximum atomic E-state index is 13.2. The zero-order valence-electron chi connectivity index (χ0n) is 20.5. The summed E-state index contributed by atoms with van der Waals surface area (Å²) < 4.78 is 16.5. The minimum atomic E-state index is -0.716. The third-order valence-corrected chi connectivity index (χ3v) is 5.87. The Hall–Kier alpha value is -5.18. The monoisotopic (exact) mass is 510 g/mol. The number of para-hydroxylation sites is 2. The minimum Gasteiger partial charge on any atom is -0.462 e. The van der Waals surface area contributed by atoms with Crippen LogP contribution in [0.3, 0.4) is 0 Å². The molecule has 0 fully saturated rings. The summed E-state index contributed by atoms with van der Waals surface area (Å²) in [5.74, 6) is -2.16. The minimum absolute atomic E-state index is 0.124. The van der Waals surface area contributed by atoms with Crippen LogP contribution in [0.25, 0.3) is 21.9 Å². The van der Waals surface area contributed by atoms with Crippen LogP contribution in [0.4, 0.5) is 11.4 Å². The number of hydrogen-bond acceptors (Lipinski definition) is 7. The van der Waals surface area contributed by atoms with Crippen molar-refractivity contribution in [1.82, 2.24) is 0 Å². The number of amides is 2. The van der Waals surface area contributed by atoms with E-state index in [1.807, 2.05) is 0 Å². The fourth-order valence-corrected chi connectivity index (χ4v) is 4.03. The lowest BCUT2D eigenvalue weighted by Crippen LogP contribution is -2.18. The van der Waals surface area contributed by atoms with Gasteiger partial charge in [0.05, 0.1) is 17.6 Å². The van der Waals surface area contributed by atoms with Crippen molar-refractivity contribution in [2.75, 3.05) is 17.2 Å². The van der Waals surface area contributed by atoms with Gasteiger partial charge in [-0.1, -0.05) is 24.3 Å². The van der Waals surface area contributed by atoms with Crippen molar-refractivity contribution in [3.63, 3.8) is 0 Å². The van der Waals surface area contributed by atoms with Gasteiger partial charge in [-0.3, -0.25) is 14.4 Å². The predicted molar refractivity (Wildman–Crippen MR) is 142 cm³/mol. The first kappa shape index (κ1) is 24.5. The first-order valence-electron chi connectivity index (χ1n) is 11.8. The summed E-state index contributed by atoms with van der Waals surface area (Å²) in [6.07, 6.45) is 0. The number of carbonyl (C=O) groups excluding carboxylic acids is 3. The van der Waals surface area contributed by atoms with E-state index in [4.69, 9.17) is 13.6 Å². The predicted octanol–water partition coefficient (Wildman–Crippen LogP) is 5.53. The highest BCUT2D eigenvalue weighted by Gasteiger charge is 2.24. The average molecular weight is 511 g/mol. The van der Waals surface area contributed by atoms with E-state index in [0.29, 0.717) is 38.8 Å². The second kappa shape index (κ2) is 10.1. The van der Waals surface area contributed by atoms with Gasteiger partial charge in [-0.2, -0.15) is 0 Å². The van der Waals surface area contributed by atoms with Crippen molar-refractivity contribution in [2.45, 2.75) is 13.8 Å². The topological polar surface area (TPSA) is 128 Å². The molecule has 0 saturated carbocycles. The average Bonchev–Trinajstić information content (AvgIpc) is 3.28. The largest absolute Gasteiger partial charge is 0.462 e. The number of hydrogen-bond donors (Lipinski definition) is 2. The van der Waals surface area contributed by atoms with Gasteiger partial charge in [-0.05, 0) is 61.9 Å². The molecule has 190 valence electrons. The Morgan fingerprint density at radius 2 is 1.58 bits per heavy atom. The highest BCUT2D eigenvalue weighted by atomic mass is 16.5. The van der Waals surface area contributed by atoms with Crippen molar-refractivity contribution >= 4 is 51.1 Å². The van der Waals surface area contributed by atoms with Gasteiger partial charge in [0.15, 0.2) is 11.2 Å². The van der Waals surface area contributed by atoms with Crippen LogP contribution in [0.5, 0.6) is 0 Å². The summed E-state index contributed by atoms with van der Waals surface area (Å²) in [5, 5.41) is 6.23. The van der Waals surface area contributed by atoms with E-state index in [2.05, 4.69) is 10.6 Å². The van der Waals surface area contributed by atoms with Crippen molar-refractivity contribution in [3.8, 4) is 0 Å². The standard InChI is InChI=1S/C29H22N2O7/c1-3-36-29(35)17-11-13-18(14-12-17)30-28(34)26-24(20-8-4-5-10-22(20)37-26)31-27(33)23-15-21(32)19-9-6-7-16(2)25(19)38-23/h4-15H,3H2,1-2H3,(H,30,34)(H,31,33). The maximum Gasteiger partial charge on any atom is 0.338 e. The fraction of sp³-hybridized carbons (Fsp3) is 0.103. The summed E-state index contributed by atoms with van der Waals surface area (Å²) in [6, 6.07) is 19.2.